The van der Waals surface area contributed by atoms with Crippen LogP contribution in [0.25, 0.3) is 5.69 Å². The molecule has 1 N–H and O–H groups in total. The minimum atomic E-state index is -4.47. The van der Waals surface area contributed by atoms with Gasteiger partial charge in [0.1, 0.15) is 0 Å². The van der Waals surface area contributed by atoms with E-state index in [1.165, 1.54) is 4.68 Å². The monoisotopic (exact) mass is 399 g/mol. The molecule has 4 nitrogen and oxygen atoms in total. The lowest BCUT2D eigenvalue weighted by molar-refractivity contribution is -0.142. The van der Waals surface area contributed by atoms with E-state index in [1.807, 2.05) is 30.3 Å². The van der Waals surface area contributed by atoms with E-state index in [0.29, 0.717) is 41.9 Å². The molecular formula is C22H20F3N3O. The Morgan fingerprint density at radius 3 is 2.38 bits per heavy atom. The van der Waals surface area contributed by atoms with Crippen molar-refractivity contribution in [2.75, 3.05) is 0 Å². The van der Waals surface area contributed by atoms with E-state index in [0.717, 1.165) is 18.4 Å². The molecule has 1 aliphatic rings. The van der Waals surface area contributed by atoms with Gasteiger partial charge in [-0.3, -0.25) is 4.79 Å². The van der Waals surface area contributed by atoms with Crippen molar-refractivity contribution in [1.82, 2.24) is 15.1 Å². The van der Waals surface area contributed by atoms with Crippen LogP contribution in [0.1, 0.15) is 45.7 Å². The molecule has 3 aromatic rings. The van der Waals surface area contributed by atoms with E-state index >= 15 is 0 Å². The quantitative estimate of drug-likeness (QED) is 0.691. The number of nitrogens with zero attached hydrogens (tertiary/aromatic N) is 2. The van der Waals surface area contributed by atoms with E-state index in [-0.39, 0.29) is 5.91 Å². The number of fused-ring (bicyclic) bond motifs is 1. The molecule has 0 saturated heterocycles. The molecule has 29 heavy (non-hydrogen) atoms. The van der Waals surface area contributed by atoms with Gasteiger partial charge in [-0.15, -0.1) is 0 Å². The zero-order valence-electron chi connectivity index (χ0n) is 15.7. The Kier molecular flexibility index (Phi) is 5.13. The van der Waals surface area contributed by atoms with Crippen molar-refractivity contribution in [1.29, 1.82) is 0 Å². The first kappa shape index (κ1) is 19.2. The lowest BCUT2D eigenvalue weighted by Gasteiger charge is -2.15. The number of halogens is 3. The average molecular weight is 399 g/mol. The zero-order chi connectivity index (χ0) is 20.4. The molecule has 0 atom stereocenters. The summed E-state index contributed by atoms with van der Waals surface area (Å²) in [5.41, 5.74) is 2.08. The molecule has 1 aromatic heterocycles. The summed E-state index contributed by atoms with van der Waals surface area (Å²) in [6.45, 7) is 0.406. The summed E-state index contributed by atoms with van der Waals surface area (Å²) in [5.74, 6) is -0.237. The van der Waals surface area contributed by atoms with Crippen LogP contribution in [0.2, 0.25) is 0 Å². The summed E-state index contributed by atoms with van der Waals surface area (Å²) in [4.78, 5) is 12.4. The van der Waals surface area contributed by atoms with Crippen molar-refractivity contribution < 1.29 is 18.0 Å². The molecule has 0 radical (unpaired) electrons. The maximum Gasteiger partial charge on any atom is 0.435 e. The van der Waals surface area contributed by atoms with Gasteiger partial charge < -0.3 is 5.32 Å². The van der Waals surface area contributed by atoms with Crippen molar-refractivity contribution in [2.45, 2.75) is 38.4 Å². The molecule has 0 aliphatic heterocycles. The van der Waals surface area contributed by atoms with Gasteiger partial charge in [0, 0.05) is 23.4 Å². The van der Waals surface area contributed by atoms with E-state index in [4.69, 9.17) is 0 Å². The highest BCUT2D eigenvalue weighted by atomic mass is 19.4. The van der Waals surface area contributed by atoms with Crippen molar-refractivity contribution in [3.05, 3.63) is 82.7 Å². The highest BCUT2D eigenvalue weighted by Gasteiger charge is 2.39. The Morgan fingerprint density at radius 2 is 1.69 bits per heavy atom. The largest absolute Gasteiger partial charge is 0.435 e. The molecule has 1 amide bonds. The first-order chi connectivity index (χ1) is 13.9. The van der Waals surface area contributed by atoms with Crippen LogP contribution < -0.4 is 5.32 Å². The van der Waals surface area contributed by atoms with Crippen molar-refractivity contribution in [3.8, 4) is 5.69 Å². The minimum Gasteiger partial charge on any atom is -0.348 e. The highest BCUT2D eigenvalue weighted by molar-refractivity contribution is 5.94. The van der Waals surface area contributed by atoms with Crippen molar-refractivity contribution in [3.63, 3.8) is 0 Å². The standard InChI is InChI=1S/C22H20F3N3O/c23-22(24,25)20-18-8-4-5-9-19(18)28(27-20)17-12-10-16(11-13-17)21(29)26-14-15-6-2-1-3-7-15/h1-3,6-7,10-13H,4-5,8-9,14H2,(H,26,29). The van der Waals surface area contributed by atoms with Crippen molar-refractivity contribution >= 4 is 5.91 Å². The van der Waals surface area contributed by atoms with Crippen LogP contribution in [0, 0.1) is 0 Å². The van der Waals surface area contributed by atoms with Gasteiger partial charge in [0.25, 0.3) is 5.91 Å². The molecule has 0 unspecified atom stereocenters. The number of aromatic nitrogens is 2. The third-order valence-corrected chi connectivity index (χ3v) is 5.12. The van der Waals surface area contributed by atoms with Gasteiger partial charge in [0.05, 0.1) is 5.69 Å². The summed E-state index contributed by atoms with van der Waals surface area (Å²) in [5, 5.41) is 6.71. The predicted octanol–water partition coefficient (Wildman–Crippen LogP) is 4.70. The third-order valence-electron chi connectivity index (χ3n) is 5.12. The molecule has 0 fully saturated rings. The molecule has 4 rings (SSSR count). The molecule has 1 aliphatic carbocycles. The fraction of sp³-hybridized carbons (Fsp3) is 0.273. The molecule has 0 bridgehead atoms. The number of hydrogen-bond donors (Lipinski definition) is 1. The van der Waals surface area contributed by atoms with Crippen LogP contribution in [0.15, 0.2) is 54.6 Å². The first-order valence-electron chi connectivity index (χ1n) is 9.54. The summed E-state index contributed by atoms with van der Waals surface area (Å²) >= 11 is 0. The number of carbonyl (C=O) groups is 1. The maximum atomic E-state index is 13.4. The molecular weight excluding hydrogens is 379 g/mol. The SMILES string of the molecule is O=C(NCc1ccccc1)c1ccc(-n2nc(C(F)(F)F)c3c2CCCC3)cc1. The number of rotatable bonds is 4. The molecule has 0 spiro atoms. The second kappa shape index (κ2) is 7.73. The zero-order valence-corrected chi connectivity index (χ0v) is 15.7. The summed E-state index contributed by atoms with van der Waals surface area (Å²) in [7, 11) is 0. The van der Waals surface area contributed by atoms with Gasteiger partial charge in [-0.1, -0.05) is 30.3 Å². The minimum absolute atomic E-state index is 0.237. The highest BCUT2D eigenvalue weighted by Crippen LogP contribution is 2.36. The first-order valence-corrected chi connectivity index (χ1v) is 9.54. The van der Waals surface area contributed by atoms with Crippen LogP contribution in [0.4, 0.5) is 13.2 Å². The van der Waals surface area contributed by atoms with Gasteiger partial charge in [-0.2, -0.15) is 18.3 Å². The Morgan fingerprint density at radius 1 is 1.00 bits per heavy atom. The second-order valence-electron chi connectivity index (χ2n) is 7.11. The molecule has 0 saturated carbocycles. The number of amides is 1. The lowest BCUT2D eigenvalue weighted by atomic mass is 9.95. The number of carbonyl (C=O) groups excluding carboxylic acids is 1. The topological polar surface area (TPSA) is 46.9 Å². The van der Waals surface area contributed by atoms with Gasteiger partial charge in [0.15, 0.2) is 5.69 Å². The molecule has 2 aromatic carbocycles. The van der Waals surface area contributed by atoms with E-state index in [1.54, 1.807) is 24.3 Å². The van der Waals surface area contributed by atoms with Crippen molar-refractivity contribution in [2.24, 2.45) is 0 Å². The average Bonchev–Trinajstić information content (AvgIpc) is 3.13. The van der Waals surface area contributed by atoms with E-state index in [9.17, 15) is 18.0 Å². The Balaban J connectivity index is 1.55. The summed E-state index contributed by atoms with van der Waals surface area (Å²) < 4.78 is 41.5. The smallest absolute Gasteiger partial charge is 0.348 e. The van der Waals surface area contributed by atoms with Crippen LogP contribution >= 0.6 is 0 Å². The number of alkyl halides is 3. The predicted molar refractivity (Wildman–Crippen MR) is 103 cm³/mol. The summed E-state index contributed by atoms with van der Waals surface area (Å²) in [6, 6.07) is 16.0. The van der Waals surface area contributed by atoms with Gasteiger partial charge in [-0.25, -0.2) is 4.68 Å². The molecule has 150 valence electrons. The van der Waals surface area contributed by atoms with Crippen LogP contribution in [0.5, 0.6) is 0 Å². The second-order valence-corrected chi connectivity index (χ2v) is 7.11. The van der Waals surface area contributed by atoms with E-state index in [2.05, 4.69) is 10.4 Å². The number of nitrogens with one attached hydrogen (secondary N) is 1. The van der Waals surface area contributed by atoms with Gasteiger partial charge >= 0.3 is 6.18 Å². The third kappa shape index (κ3) is 4.04. The van der Waals surface area contributed by atoms with Gasteiger partial charge in [0.2, 0.25) is 0 Å². The molecule has 1 heterocycles. The lowest BCUT2D eigenvalue weighted by Crippen LogP contribution is -2.22. The van der Waals surface area contributed by atoms with Gasteiger partial charge in [-0.05, 0) is 55.5 Å². The Bertz CT molecular complexity index is 1010. The van der Waals surface area contributed by atoms with Crippen LogP contribution in [-0.4, -0.2) is 15.7 Å². The fourth-order valence-electron chi connectivity index (χ4n) is 3.67. The Labute approximate surface area is 166 Å². The molecule has 7 heteroatoms. The fourth-order valence-corrected chi connectivity index (χ4v) is 3.67. The van der Waals surface area contributed by atoms with E-state index < -0.39 is 11.9 Å². The number of hydrogen-bond acceptors (Lipinski definition) is 2. The number of benzene rings is 2. The van der Waals surface area contributed by atoms with Crippen LogP contribution in [0.3, 0.4) is 0 Å². The Hall–Kier alpha value is -3.09. The van der Waals surface area contributed by atoms with Crippen LogP contribution in [-0.2, 0) is 25.6 Å². The normalized spacial score (nSPS) is 13.8. The maximum absolute atomic E-state index is 13.4. The summed E-state index contributed by atoms with van der Waals surface area (Å²) in [6.07, 6.45) is -1.93.